The van der Waals surface area contributed by atoms with E-state index in [0.29, 0.717) is 25.9 Å². The van der Waals surface area contributed by atoms with Crippen LogP contribution in [0, 0.1) is 5.92 Å². The number of carbonyl (C=O) groups excluding carboxylic acids is 1. The van der Waals surface area contributed by atoms with Gasteiger partial charge < -0.3 is 15.7 Å². The van der Waals surface area contributed by atoms with Gasteiger partial charge in [0, 0.05) is 13.1 Å². The SMILES string of the molecule is C=C(C)CNC(=O)NCCCC(C)C(=O)O. The fourth-order valence-electron chi connectivity index (χ4n) is 1.03. The molecule has 0 saturated heterocycles. The van der Waals surface area contributed by atoms with Gasteiger partial charge in [0.1, 0.15) is 0 Å². The molecule has 0 radical (unpaired) electrons. The summed E-state index contributed by atoms with van der Waals surface area (Å²) >= 11 is 0. The van der Waals surface area contributed by atoms with E-state index in [1.807, 2.05) is 6.92 Å². The molecule has 0 spiro atoms. The fourth-order valence-corrected chi connectivity index (χ4v) is 1.03. The van der Waals surface area contributed by atoms with Crippen molar-refractivity contribution in [3.63, 3.8) is 0 Å². The molecule has 0 bridgehead atoms. The van der Waals surface area contributed by atoms with Crippen LogP contribution in [0.15, 0.2) is 12.2 Å². The molecule has 2 amide bonds. The van der Waals surface area contributed by atoms with Gasteiger partial charge in [-0.2, -0.15) is 0 Å². The monoisotopic (exact) mass is 228 g/mol. The first-order chi connectivity index (χ1) is 7.43. The number of hydrogen-bond acceptors (Lipinski definition) is 2. The molecule has 0 aromatic carbocycles. The Hall–Kier alpha value is -1.52. The quantitative estimate of drug-likeness (QED) is 0.455. The van der Waals surface area contributed by atoms with Crippen molar-refractivity contribution >= 4 is 12.0 Å². The van der Waals surface area contributed by atoms with Gasteiger partial charge in [-0.05, 0) is 19.8 Å². The minimum Gasteiger partial charge on any atom is -0.481 e. The van der Waals surface area contributed by atoms with Crippen LogP contribution >= 0.6 is 0 Å². The summed E-state index contributed by atoms with van der Waals surface area (Å²) < 4.78 is 0. The molecule has 3 N–H and O–H groups in total. The van der Waals surface area contributed by atoms with Crippen molar-refractivity contribution in [2.75, 3.05) is 13.1 Å². The van der Waals surface area contributed by atoms with Crippen LogP contribution in [0.3, 0.4) is 0 Å². The summed E-state index contributed by atoms with van der Waals surface area (Å²) in [6, 6.07) is -0.244. The fraction of sp³-hybridized carbons (Fsp3) is 0.636. The van der Waals surface area contributed by atoms with Crippen molar-refractivity contribution in [1.29, 1.82) is 0 Å². The van der Waals surface area contributed by atoms with E-state index in [-0.39, 0.29) is 11.9 Å². The van der Waals surface area contributed by atoms with Crippen LogP contribution < -0.4 is 10.6 Å². The third-order valence-corrected chi connectivity index (χ3v) is 2.07. The van der Waals surface area contributed by atoms with Crippen molar-refractivity contribution < 1.29 is 14.7 Å². The van der Waals surface area contributed by atoms with Crippen LogP contribution in [-0.4, -0.2) is 30.2 Å². The lowest BCUT2D eigenvalue weighted by Gasteiger charge is -2.08. The van der Waals surface area contributed by atoms with E-state index in [9.17, 15) is 9.59 Å². The lowest BCUT2D eigenvalue weighted by atomic mass is 10.1. The van der Waals surface area contributed by atoms with Crippen molar-refractivity contribution in [3.05, 3.63) is 12.2 Å². The molecule has 0 aliphatic heterocycles. The van der Waals surface area contributed by atoms with E-state index >= 15 is 0 Å². The van der Waals surface area contributed by atoms with Gasteiger partial charge in [0.2, 0.25) is 0 Å². The van der Waals surface area contributed by atoms with E-state index in [2.05, 4.69) is 17.2 Å². The molecular formula is C11H20N2O3. The highest BCUT2D eigenvalue weighted by atomic mass is 16.4. The van der Waals surface area contributed by atoms with Crippen LogP contribution in [0.25, 0.3) is 0 Å². The minimum atomic E-state index is -0.799. The smallest absolute Gasteiger partial charge is 0.315 e. The molecule has 0 fully saturated rings. The number of carboxylic acids is 1. The Bertz CT molecular complexity index is 264. The van der Waals surface area contributed by atoms with Crippen LogP contribution in [0.4, 0.5) is 4.79 Å². The summed E-state index contributed by atoms with van der Waals surface area (Å²) in [5, 5.41) is 13.9. The molecule has 1 atom stereocenters. The normalized spacial score (nSPS) is 11.6. The van der Waals surface area contributed by atoms with Crippen molar-refractivity contribution in [2.45, 2.75) is 26.7 Å². The molecule has 92 valence electrons. The number of carboxylic acid groups (broad SMARTS) is 1. The standard InChI is InChI=1S/C11H20N2O3/c1-8(2)7-13-11(16)12-6-4-5-9(3)10(14)15/h9H,1,4-7H2,2-3H3,(H,14,15)(H2,12,13,16). The van der Waals surface area contributed by atoms with Crippen molar-refractivity contribution in [3.8, 4) is 0 Å². The molecule has 0 aliphatic carbocycles. The highest BCUT2D eigenvalue weighted by Crippen LogP contribution is 2.03. The Kier molecular flexibility index (Phi) is 7.00. The van der Waals surface area contributed by atoms with Crippen molar-refractivity contribution in [2.24, 2.45) is 5.92 Å². The summed E-state index contributed by atoms with van der Waals surface area (Å²) in [5.74, 6) is -1.16. The van der Waals surface area contributed by atoms with E-state index in [1.165, 1.54) is 0 Å². The molecule has 1 unspecified atom stereocenters. The van der Waals surface area contributed by atoms with Crippen LogP contribution in [0.1, 0.15) is 26.7 Å². The number of carbonyl (C=O) groups is 2. The third-order valence-electron chi connectivity index (χ3n) is 2.07. The Morgan fingerprint density at radius 1 is 1.38 bits per heavy atom. The van der Waals surface area contributed by atoms with Gasteiger partial charge in [0.25, 0.3) is 0 Å². The second-order valence-corrected chi connectivity index (χ2v) is 3.95. The highest BCUT2D eigenvalue weighted by Gasteiger charge is 2.09. The Morgan fingerprint density at radius 3 is 2.50 bits per heavy atom. The number of rotatable bonds is 7. The Morgan fingerprint density at radius 2 is 2.00 bits per heavy atom. The first-order valence-electron chi connectivity index (χ1n) is 5.32. The van der Waals surface area contributed by atoms with Crippen LogP contribution in [-0.2, 0) is 4.79 Å². The average molecular weight is 228 g/mol. The second kappa shape index (κ2) is 7.73. The van der Waals surface area contributed by atoms with Gasteiger partial charge in [-0.25, -0.2) is 4.79 Å². The predicted molar refractivity (Wildman–Crippen MR) is 62.2 cm³/mol. The molecule has 16 heavy (non-hydrogen) atoms. The zero-order valence-electron chi connectivity index (χ0n) is 9.88. The summed E-state index contributed by atoms with van der Waals surface area (Å²) in [7, 11) is 0. The molecular weight excluding hydrogens is 208 g/mol. The maximum Gasteiger partial charge on any atom is 0.315 e. The molecule has 0 saturated carbocycles. The molecule has 0 aromatic heterocycles. The number of nitrogens with one attached hydrogen (secondary N) is 2. The summed E-state index contributed by atoms with van der Waals surface area (Å²) in [5.41, 5.74) is 0.884. The molecule has 5 heteroatoms. The van der Waals surface area contributed by atoms with E-state index in [4.69, 9.17) is 5.11 Å². The number of hydrogen-bond donors (Lipinski definition) is 3. The Balaban J connectivity index is 3.48. The molecule has 0 aliphatic rings. The molecule has 0 aromatic rings. The molecule has 0 heterocycles. The topological polar surface area (TPSA) is 78.4 Å². The molecule has 0 rings (SSSR count). The van der Waals surface area contributed by atoms with Crippen LogP contribution in [0.2, 0.25) is 0 Å². The average Bonchev–Trinajstić information content (AvgIpc) is 2.20. The van der Waals surface area contributed by atoms with Gasteiger partial charge in [-0.15, -0.1) is 0 Å². The van der Waals surface area contributed by atoms with E-state index in [1.54, 1.807) is 6.92 Å². The zero-order chi connectivity index (χ0) is 12.6. The van der Waals surface area contributed by atoms with Gasteiger partial charge in [0.05, 0.1) is 5.92 Å². The predicted octanol–water partition coefficient (Wildman–Crippen LogP) is 1.36. The van der Waals surface area contributed by atoms with Gasteiger partial charge in [-0.1, -0.05) is 19.1 Å². The first kappa shape index (κ1) is 14.5. The van der Waals surface area contributed by atoms with Crippen LogP contribution in [0.5, 0.6) is 0 Å². The number of urea groups is 1. The van der Waals surface area contributed by atoms with Gasteiger partial charge in [-0.3, -0.25) is 4.79 Å². The summed E-state index contributed by atoms with van der Waals surface area (Å²) in [4.78, 5) is 21.6. The number of aliphatic carboxylic acids is 1. The lowest BCUT2D eigenvalue weighted by molar-refractivity contribution is -0.141. The second-order valence-electron chi connectivity index (χ2n) is 3.95. The maximum atomic E-state index is 11.1. The molecule has 5 nitrogen and oxygen atoms in total. The van der Waals surface area contributed by atoms with Gasteiger partial charge >= 0.3 is 12.0 Å². The lowest BCUT2D eigenvalue weighted by Crippen LogP contribution is -2.36. The van der Waals surface area contributed by atoms with E-state index < -0.39 is 5.97 Å². The Labute approximate surface area is 95.9 Å². The largest absolute Gasteiger partial charge is 0.481 e. The summed E-state index contributed by atoms with van der Waals surface area (Å²) in [6.45, 7) is 8.08. The third kappa shape index (κ3) is 7.84. The highest BCUT2D eigenvalue weighted by molar-refractivity contribution is 5.74. The van der Waals surface area contributed by atoms with E-state index in [0.717, 1.165) is 5.57 Å². The zero-order valence-corrected chi connectivity index (χ0v) is 9.88. The first-order valence-corrected chi connectivity index (χ1v) is 5.32. The maximum absolute atomic E-state index is 11.1. The van der Waals surface area contributed by atoms with Gasteiger partial charge in [0.15, 0.2) is 0 Å². The summed E-state index contributed by atoms with van der Waals surface area (Å²) in [6.07, 6.45) is 1.23. The van der Waals surface area contributed by atoms with Crippen molar-refractivity contribution in [1.82, 2.24) is 10.6 Å². The minimum absolute atomic E-state index is 0.244. The number of amides is 2.